The lowest BCUT2D eigenvalue weighted by Gasteiger charge is -2.21. The van der Waals surface area contributed by atoms with E-state index in [2.05, 4.69) is 6.92 Å². The lowest BCUT2D eigenvalue weighted by molar-refractivity contribution is -0.848. The van der Waals surface area contributed by atoms with Gasteiger partial charge in [0.2, 0.25) is 0 Å². The van der Waals surface area contributed by atoms with Crippen LogP contribution in [0.5, 0.6) is 0 Å². The Bertz CT molecular complexity index is 261. The van der Waals surface area contributed by atoms with Crippen molar-refractivity contribution in [3.63, 3.8) is 0 Å². The van der Waals surface area contributed by atoms with Crippen molar-refractivity contribution in [2.24, 2.45) is 0 Å². The number of aliphatic hydroxyl groups is 1. The third-order valence-corrected chi connectivity index (χ3v) is 3.78. The maximum absolute atomic E-state index is 11.5. The van der Waals surface area contributed by atoms with Gasteiger partial charge in [-0.05, 0) is 19.3 Å². The van der Waals surface area contributed by atoms with Gasteiger partial charge in [-0.2, -0.15) is 0 Å². The van der Waals surface area contributed by atoms with Gasteiger partial charge < -0.3 is 20.1 Å². The summed E-state index contributed by atoms with van der Waals surface area (Å²) in [6, 6.07) is 0. The second-order valence-corrected chi connectivity index (χ2v) is 6.01. The van der Waals surface area contributed by atoms with Gasteiger partial charge in [-0.25, -0.2) is 0 Å². The molecule has 0 rings (SSSR count). The number of rotatable bonds is 15. The van der Waals surface area contributed by atoms with Gasteiger partial charge >= 0.3 is 5.97 Å². The summed E-state index contributed by atoms with van der Waals surface area (Å²) < 4.78 is 5.03. The highest BCUT2D eigenvalue weighted by atomic mass is 16.5. The van der Waals surface area contributed by atoms with E-state index in [1.807, 2.05) is 6.92 Å². The van der Waals surface area contributed by atoms with E-state index in [4.69, 9.17) is 4.74 Å². The molecule has 0 aliphatic carbocycles. The first-order valence-electron chi connectivity index (χ1n) is 8.95. The standard InChI is InChI=1S/C17H35NO4/c1-3-5-7-8-9-10-16(19)11-12-17(20)22-15-14-18(21)13-6-4-2/h16,18-19H,3-15H2,1-2H3. The summed E-state index contributed by atoms with van der Waals surface area (Å²) in [6.45, 7) is 5.28. The van der Waals surface area contributed by atoms with Crippen LogP contribution in [-0.2, 0) is 9.53 Å². The molecule has 0 saturated carbocycles. The summed E-state index contributed by atoms with van der Waals surface area (Å²) >= 11 is 0. The van der Waals surface area contributed by atoms with Crippen LogP contribution in [-0.4, -0.2) is 36.9 Å². The zero-order chi connectivity index (χ0) is 16.6. The van der Waals surface area contributed by atoms with E-state index >= 15 is 0 Å². The highest BCUT2D eigenvalue weighted by Crippen LogP contribution is 2.10. The minimum Gasteiger partial charge on any atom is -0.634 e. The highest BCUT2D eigenvalue weighted by Gasteiger charge is 2.09. The average Bonchev–Trinajstić information content (AvgIpc) is 2.50. The highest BCUT2D eigenvalue weighted by molar-refractivity contribution is 5.69. The molecule has 0 amide bonds. The maximum atomic E-state index is 11.5. The molecule has 0 bridgehead atoms. The Kier molecular flexibility index (Phi) is 14.8. The molecule has 5 nitrogen and oxygen atoms in total. The fraction of sp³-hybridized carbons (Fsp3) is 0.941. The number of unbranched alkanes of at least 4 members (excludes halogenated alkanes) is 5. The van der Waals surface area contributed by atoms with E-state index in [0.29, 0.717) is 19.5 Å². The van der Waals surface area contributed by atoms with Gasteiger partial charge in [0.25, 0.3) is 0 Å². The van der Waals surface area contributed by atoms with E-state index < -0.39 is 6.10 Å². The Morgan fingerprint density at radius 2 is 1.73 bits per heavy atom. The third kappa shape index (κ3) is 14.3. The third-order valence-electron chi connectivity index (χ3n) is 3.78. The Hall–Kier alpha value is -0.650. The van der Waals surface area contributed by atoms with Crippen molar-refractivity contribution in [2.75, 3.05) is 19.7 Å². The smallest absolute Gasteiger partial charge is 0.306 e. The summed E-state index contributed by atoms with van der Waals surface area (Å²) in [7, 11) is 0. The van der Waals surface area contributed by atoms with Crippen molar-refractivity contribution in [2.45, 2.75) is 84.2 Å². The number of hydrogen-bond donors (Lipinski definition) is 2. The molecule has 0 spiro atoms. The van der Waals surface area contributed by atoms with Crippen LogP contribution in [0.4, 0.5) is 0 Å². The van der Waals surface area contributed by atoms with Crippen molar-refractivity contribution in [3.05, 3.63) is 5.21 Å². The van der Waals surface area contributed by atoms with Crippen LogP contribution in [0.15, 0.2) is 0 Å². The molecule has 0 aromatic rings. The molecule has 0 fully saturated rings. The molecule has 2 atom stereocenters. The summed E-state index contributed by atoms with van der Waals surface area (Å²) in [5.41, 5.74) is 0. The number of ether oxygens (including phenoxy) is 1. The van der Waals surface area contributed by atoms with Crippen molar-refractivity contribution in [1.29, 1.82) is 0 Å². The van der Waals surface area contributed by atoms with E-state index in [1.54, 1.807) is 0 Å². The van der Waals surface area contributed by atoms with Crippen molar-refractivity contribution < 1.29 is 19.7 Å². The zero-order valence-electron chi connectivity index (χ0n) is 14.4. The van der Waals surface area contributed by atoms with Gasteiger partial charge in [0.15, 0.2) is 0 Å². The fourth-order valence-electron chi connectivity index (χ4n) is 2.26. The van der Waals surface area contributed by atoms with Gasteiger partial charge in [-0.1, -0.05) is 52.4 Å². The van der Waals surface area contributed by atoms with Crippen LogP contribution >= 0.6 is 0 Å². The maximum Gasteiger partial charge on any atom is 0.306 e. The predicted molar refractivity (Wildman–Crippen MR) is 88.5 cm³/mol. The second kappa shape index (κ2) is 15.3. The second-order valence-electron chi connectivity index (χ2n) is 6.01. The number of aliphatic hydroxyl groups excluding tert-OH is 1. The molecule has 0 radical (unpaired) electrons. The van der Waals surface area contributed by atoms with Gasteiger partial charge in [-0.15, -0.1) is 0 Å². The van der Waals surface area contributed by atoms with Gasteiger partial charge in [0.1, 0.15) is 13.2 Å². The first kappa shape index (κ1) is 21.4. The van der Waals surface area contributed by atoms with Gasteiger partial charge in [-0.3, -0.25) is 4.79 Å². The minimum absolute atomic E-state index is 0.154. The number of hydroxylamine groups is 2. The van der Waals surface area contributed by atoms with Crippen LogP contribution in [0.1, 0.15) is 78.1 Å². The lowest BCUT2D eigenvalue weighted by Crippen LogP contribution is -3.07. The molecular weight excluding hydrogens is 282 g/mol. The minimum atomic E-state index is -0.416. The molecule has 0 aliphatic heterocycles. The number of carbonyl (C=O) groups excluding carboxylic acids is 1. The summed E-state index contributed by atoms with van der Waals surface area (Å²) in [4.78, 5) is 11.5. The topological polar surface area (TPSA) is 74.0 Å². The summed E-state index contributed by atoms with van der Waals surface area (Å²) in [6.07, 6.45) is 8.78. The van der Waals surface area contributed by atoms with Crippen LogP contribution in [0.25, 0.3) is 0 Å². The van der Waals surface area contributed by atoms with Crippen molar-refractivity contribution >= 4 is 5.97 Å². The van der Waals surface area contributed by atoms with Crippen LogP contribution in [0.3, 0.4) is 0 Å². The molecule has 2 unspecified atom stereocenters. The number of carbonyl (C=O) groups is 1. The van der Waals surface area contributed by atoms with Crippen molar-refractivity contribution in [1.82, 2.24) is 0 Å². The molecule has 0 saturated heterocycles. The normalized spacial score (nSPS) is 13.8. The van der Waals surface area contributed by atoms with Crippen LogP contribution in [0, 0.1) is 5.21 Å². The Labute approximate surface area is 135 Å². The molecule has 0 aliphatic rings. The summed E-state index contributed by atoms with van der Waals surface area (Å²) in [5.74, 6) is -0.312. The van der Waals surface area contributed by atoms with E-state index in [0.717, 1.165) is 32.1 Å². The lowest BCUT2D eigenvalue weighted by atomic mass is 10.1. The molecule has 0 heterocycles. The van der Waals surface area contributed by atoms with Gasteiger partial charge in [0.05, 0.1) is 12.6 Å². The SMILES string of the molecule is CCCCCCCC(O)CCC(=O)OCC[NH+]([O-])CCCC. The summed E-state index contributed by atoms with van der Waals surface area (Å²) in [5, 5.41) is 21.4. The number of nitrogens with one attached hydrogen (secondary N) is 1. The monoisotopic (exact) mass is 317 g/mol. The number of hydrogen-bond acceptors (Lipinski definition) is 4. The van der Waals surface area contributed by atoms with Crippen molar-refractivity contribution in [3.8, 4) is 0 Å². The molecule has 132 valence electrons. The quantitative estimate of drug-likeness (QED) is 0.276. The molecule has 22 heavy (non-hydrogen) atoms. The van der Waals surface area contributed by atoms with E-state index in [-0.39, 0.29) is 24.1 Å². The fourth-order valence-corrected chi connectivity index (χ4v) is 2.26. The first-order valence-corrected chi connectivity index (χ1v) is 8.95. The van der Waals surface area contributed by atoms with E-state index in [9.17, 15) is 15.1 Å². The largest absolute Gasteiger partial charge is 0.634 e. The Balaban J connectivity index is 3.47. The number of quaternary nitrogens is 1. The Morgan fingerprint density at radius 1 is 1.05 bits per heavy atom. The zero-order valence-corrected chi connectivity index (χ0v) is 14.4. The predicted octanol–water partition coefficient (Wildman–Crippen LogP) is 2.21. The molecule has 0 aromatic carbocycles. The molecular formula is C17H35NO4. The molecule has 0 aromatic heterocycles. The average molecular weight is 317 g/mol. The van der Waals surface area contributed by atoms with E-state index in [1.165, 1.54) is 19.3 Å². The number of esters is 1. The van der Waals surface area contributed by atoms with Crippen LogP contribution < -0.4 is 5.06 Å². The molecule has 2 N–H and O–H groups in total. The molecule has 5 heteroatoms. The van der Waals surface area contributed by atoms with Crippen LogP contribution in [0.2, 0.25) is 0 Å². The Morgan fingerprint density at radius 3 is 2.41 bits per heavy atom. The van der Waals surface area contributed by atoms with Gasteiger partial charge in [0, 0.05) is 6.42 Å². The first-order chi connectivity index (χ1) is 10.6.